The monoisotopic (exact) mass is 522 g/mol. The third-order valence-electron chi connectivity index (χ3n) is 5.85. The number of methoxy groups -OCH3 is 1. The summed E-state index contributed by atoms with van der Waals surface area (Å²) in [7, 11) is 3.31. The molecule has 1 aromatic heterocycles. The van der Waals surface area contributed by atoms with Gasteiger partial charge in [0, 0.05) is 26.3 Å². The molecule has 0 saturated carbocycles. The lowest BCUT2D eigenvalue weighted by Gasteiger charge is -2.12. The van der Waals surface area contributed by atoms with Crippen LogP contribution in [-0.4, -0.2) is 54.8 Å². The highest BCUT2D eigenvalue weighted by Crippen LogP contribution is 2.20. The van der Waals surface area contributed by atoms with Crippen LogP contribution in [0.2, 0.25) is 0 Å². The lowest BCUT2D eigenvalue weighted by molar-refractivity contribution is -0.124. The second-order valence-electron chi connectivity index (χ2n) is 9.02. The van der Waals surface area contributed by atoms with Crippen molar-refractivity contribution in [1.82, 2.24) is 9.88 Å². The van der Waals surface area contributed by atoms with Crippen molar-refractivity contribution >= 4 is 5.91 Å². The van der Waals surface area contributed by atoms with Crippen molar-refractivity contribution in [3.8, 4) is 0 Å². The molecule has 2 rings (SSSR count). The Hall–Kier alpha value is -3.42. The van der Waals surface area contributed by atoms with E-state index >= 15 is 0 Å². The standard InChI is InChI=1S/C31H42N2O5/c1-26(36-3)22-30(35)33(2)20-14-9-7-5-4-6-8-13-18-28(23-34)31-32-29(25-38-31)19-15-21-37-24-27-16-11-10-12-17-27/h4,6,8-14,16-17,22,25,28,34H,5,7,15,18-21,23-24H2,1-3H3/b6-4-,13-8-,14-9+,26-22+. The molecule has 1 heterocycles. The maximum atomic E-state index is 11.9. The minimum atomic E-state index is -0.159. The Bertz CT molecular complexity index is 1040. The third-order valence-corrected chi connectivity index (χ3v) is 5.85. The number of aliphatic hydroxyl groups excluding tert-OH is 1. The fraction of sp³-hybridized carbons (Fsp3) is 0.419. The number of benzene rings is 1. The maximum Gasteiger partial charge on any atom is 0.249 e. The number of aromatic nitrogens is 1. The summed E-state index contributed by atoms with van der Waals surface area (Å²) in [6.45, 7) is 3.57. The lowest BCUT2D eigenvalue weighted by Crippen LogP contribution is -2.25. The number of ether oxygens (including phenoxy) is 2. The van der Waals surface area contributed by atoms with Gasteiger partial charge in [0.05, 0.1) is 37.7 Å². The van der Waals surface area contributed by atoms with Crippen LogP contribution in [0.5, 0.6) is 0 Å². The fourth-order valence-electron chi connectivity index (χ4n) is 3.47. The highest BCUT2D eigenvalue weighted by Gasteiger charge is 2.15. The molecule has 0 aliphatic rings. The van der Waals surface area contributed by atoms with Gasteiger partial charge >= 0.3 is 0 Å². The average molecular weight is 523 g/mol. The molecule has 0 radical (unpaired) electrons. The summed E-state index contributed by atoms with van der Waals surface area (Å²) in [6.07, 6.45) is 19.4. The summed E-state index contributed by atoms with van der Waals surface area (Å²) in [5.41, 5.74) is 2.05. The molecule has 0 aliphatic heterocycles. The Kier molecular flexibility index (Phi) is 15.2. The molecule has 38 heavy (non-hydrogen) atoms. The van der Waals surface area contributed by atoms with E-state index in [0.29, 0.717) is 37.8 Å². The Morgan fingerprint density at radius 2 is 1.89 bits per heavy atom. The van der Waals surface area contributed by atoms with Crippen molar-refractivity contribution in [2.75, 3.05) is 33.9 Å². The van der Waals surface area contributed by atoms with Crippen molar-refractivity contribution in [1.29, 1.82) is 0 Å². The van der Waals surface area contributed by atoms with Crippen molar-refractivity contribution in [3.63, 3.8) is 0 Å². The van der Waals surface area contributed by atoms with Crippen molar-refractivity contribution in [2.45, 2.75) is 51.6 Å². The molecule has 1 amide bonds. The van der Waals surface area contributed by atoms with Gasteiger partial charge in [-0.05, 0) is 44.6 Å². The molecular formula is C31H42N2O5. The molecule has 2 aromatic rings. The summed E-state index contributed by atoms with van der Waals surface area (Å²) in [5, 5.41) is 9.78. The zero-order valence-electron chi connectivity index (χ0n) is 22.9. The van der Waals surface area contributed by atoms with Crippen LogP contribution in [0.3, 0.4) is 0 Å². The van der Waals surface area contributed by atoms with Crippen LogP contribution in [0, 0.1) is 0 Å². The summed E-state index contributed by atoms with van der Waals surface area (Å²) in [6, 6.07) is 10.1. The quantitative estimate of drug-likeness (QED) is 0.0883. The van der Waals surface area contributed by atoms with E-state index in [1.54, 1.807) is 32.2 Å². The van der Waals surface area contributed by atoms with Crippen LogP contribution in [0.25, 0.3) is 0 Å². The molecular weight excluding hydrogens is 480 g/mol. The van der Waals surface area contributed by atoms with E-state index in [4.69, 9.17) is 13.9 Å². The number of amides is 1. The SMILES string of the molecule is CO/C(C)=C/C(=O)N(C)C/C=C/CC/C=C\C=C/CC(CO)c1nc(CCCOCc2ccccc2)co1. The van der Waals surface area contributed by atoms with Gasteiger partial charge in [-0.15, -0.1) is 0 Å². The molecule has 1 N–H and O–H groups in total. The highest BCUT2D eigenvalue weighted by atomic mass is 16.5. The minimum absolute atomic E-state index is 0.0171. The molecule has 0 fully saturated rings. The topological polar surface area (TPSA) is 85.0 Å². The van der Waals surface area contributed by atoms with Gasteiger partial charge < -0.3 is 23.9 Å². The lowest BCUT2D eigenvalue weighted by atomic mass is 10.1. The Balaban J connectivity index is 1.60. The van der Waals surface area contributed by atoms with Crippen molar-refractivity contribution in [2.24, 2.45) is 0 Å². The molecule has 0 bridgehead atoms. The van der Waals surface area contributed by atoms with Crippen LogP contribution in [0.15, 0.2) is 89.3 Å². The second kappa shape index (κ2) is 18.8. The van der Waals surface area contributed by atoms with E-state index in [-0.39, 0.29) is 18.4 Å². The zero-order valence-corrected chi connectivity index (χ0v) is 22.9. The van der Waals surface area contributed by atoms with E-state index in [0.717, 1.165) is 31.4 Å². The van der Waals surface area contributed by atoms with Crippen LogP contribution < -0.4 is 0 Å². The number of nitrogens with zero attached hydrogens (tertiary/aromatic N) is 2. The Labute approximate surface area is 227 Å². The van der Waals surface area contributed by atoms with Gasteiger partial charge in [-0.25, -0.2) is 4.98 Å². The van der Waals surface area contributed by atoms with Gasteiger partial charge in [0.25, 0.3) is 0 Å². The molecule has 1 aromatic carbocycles. The molecule has 0 spiro atoms. The molecule has 206 valence electrons. The van der Waals surface area contributed by atoms with Crippen molar-refractivity contribution < 1.29 is 23.8 Å². The first-order chi connectivity index (χ1) is 18.5. The predicted molar refractivity (Wildman–Crippen MR) is 150 cm³/mol. The molecule has 7 nitrogen and oxygen atoms in total. The van der Waals surface area contributed by atoms with Crippen LogP contribution in [0.4, 0.5) is 0 Å². The minimum Gasteiger partial charge on any atom is -0.501 e. The van der Waals surface area contributed by atoms with E-state index in [1.165, 1.54) is 11.6 Å². The third kappa shape index (κ3) is 12.7. The van der Waals surface area contributed by atoms with Crippen LogP contribution >= 0.6 is 0 Å². The van der Waals surface area contributed by atoms with E-state index in [1.807, 2.05) is 42.5 Å². The Morgan fingerprint density at radius 3 is 2.66 bits per heavy atom. The van der Waals surface area contributed by atoms with Crippen molar-refractivity contribution in [3.05, 3.63) is 102 Å². The molecule has 1 atom stereocenters. The van der Waals surface area contributed by atoms with Crippen LogP contribution in [-0.2, 0) is 27.3 Å². The zero-order chi connectivity index (χ0) is 27.4. The normalized spacial score (nSPS) is 13.1. The second-order valence-corrected chi connectivity index (χ2v) is 9.02. The summed E-state index contributed by atoms with van der Waals surface area (Å²) in [4.78, 5) is 18.1. The number of likely N-dealkylation sites (N-methyl/N-ethyl adjacent to an activating group) is 1. The number of aryl methyl sites for hydroxylation is 1. The number of oxazole rings is 1. The van der Waals surface area contributed by atoms with Gasteiger partial charge in [0.15, 0.2) is 5.89 Å². The number of hydrogen-bond acceptors (Lipinski definition) is 6. The number of unbranched alkanes of at least 4 members (excludes halogenated alkanes) is 1. The average Bonchev–Trinajstić information content (AvgIpc) is 3.40. The molecule has 0 saturated heterocycles. The first-order valence-electron chi connectivity index (χ1n) is 13.1. The smallest absolute Gasteiger partial charge is 0.249 e. The van der Waals surface area contributed by atoms with E-state index in [2.05, 4.69) is 29.3 Å². The molecule has 0 aliphatic carbocycles. The molecule has 1 unspecified atom stereocenters. The van der Waals surface area contributed by atoms with Crippen LogP contribution in [0.1, 0.15) is 55.7 Å². The van der Waals surface area contributed by atoms with Gasteiger partial charge in [0.1, 0.15) is 6.26 Å². The van der Waals surface area contributed by atoms with Gasteiger partial charge in [0.2, 0.25) is 5.91 Å². The fourth-order valence-corrected chi connectivity index (χ4v) is 3.47. The Morgan fingerprint density at radius 1 is 1.13 bits per heavy atom. The van der Waals surface area contributed by atoms with E-state index < -0.39 is 0 Å². The summed E-state index contributed by atoms with van der Waals surface area (Å²) < 4.78 is 16.4. The number of allylic oxidation sites excluding steroid dienone is 6. The number of rotatable bonds is 18. The number of aliphatic hydroxyl groups is 1. The summed E-state index contributed by atoms with van der Waals surface area (Å²) in [5.74, 6) is 0.928. The summed E-state index contributed by atoms with van der Waals surface area (Å²) >= 11 is 0. The predicted octanol–water partition coefficient (Wildman–Crippen LogP) is 5.75. The number of hydrogen-bond donors (Lipinski definition) is 1. The largest absolute Gasteiger partial charge is 0.501 e. The van der Waals surface area contributed by atoms with E-state index in [9.17, 15) is 9.90 Å². The first kappa shape index (κ1) is 30.8. The number of carbonyl (C=O) groups excluding carboxylic acids is 1. The highest BCUT2D eigenvalue weighted by molar-refractivity contribution is 5.87. The van der Waals surface area contributed by atoms with Gasteiger partial charge in [-0.3, -0.25) is 4.79 Å². The maximum absolute atomic E-state index is 11.9. The van der Waals surface area contributed by atoms with Gasteiger partial charge in [-0.1, -0.05) is 66.8 Å². The van der Waals surface area contributed by atoms with Gasteiger partial charge in [-0.2, -0.15) is 0 Å². The number of carbonyl (C=O) groups is 1. The first-order valence-corrected chi connectivity index (χ1v) is 13.1. The molecule has 7 heteroatoms.